The maximum atomic E-state index is 2.62. The van der Waals surface area contributed by atoms with E-state index in [4.69, 9.17) is 0 Å². The molecule has 0 aromatic heterocycles. The van der Waals surface area contributed by atoms with E-state index in [0.717, 1.165) is 0 Å². The van der Waals surface area contributed by atoms with Crippen LogP contribution in [0.2, 0.25) is 0 Å². The first kappa shape index (κ1) is 23.4. The molecule has 0 aliphatic carbocycles. The predicted molar refractivity (Wildman–Crippen MR) is 117 cm³/mol. The Balaban J connectivity index is 2.14. The second-order valence-corrected chi connectivity index (χ2v) is 8.29. The Morgan fingerprint density at radius 1 is 0.500 bits per heavy atom. The average molecular weight is 365 g/mol. The van der Waals surface area contributed by atoms with E-state index in [2.05, 4.69) is 43.0 Å². The van der Waals surface area contributed by atoms with Gasteiger partial charge in [0.2, 0.25) is 0 Å². The van der Waals surface area contributed by atoms with Gasteiger partial charge in [-0.15, -0.1) is 0 Å². The third kappa shape index (κ3) is 10.5. The summed E-state index contributed by atoms with van der Waals surface area (Å²) in [6.07, 6.45) is 27.7. The van der Waals surface area contributed by atoms with Gasteiger partial charge in [0.05, 0.1) is 0 Å². The fourth-order valence-electron chi connectivity index (χ4n) is 4.10. The van der Waals surface area contributed by atoms with Crippen LogP contribution in [0, 0.1) is 0 Å². The molecule has 0 aromatic carbocycles. The highest BCUT2D eigenvalue weighted by Gasteiger charge is 2.24. The van der Waals surface area contributed by atoms with Gasteiger partial charge in [-0.1, -0.05) is 104 Å². The molecule has 0 fully saturated rings. The van der Waals surface area contributed by atoms with Crippen LogP contribution in [0.15, 0.2) is 12.4 Å². The van der Waals surface area contributed by atoms with Gasteiger partial charge in [0.15, 0.2) is 0 Å². The van der Waals surface area contributed by atoms with Gasteiger partial charge in [0, 0.05) is 25.5 Å². The molecule has 2 heteroatoms. The average Bonchev–Trinajstić information content (AvgIpc) is 3.02. The highest BCUT2D eigenvalue weighted by molar-refractivity contribution is 4.96. The van der Waals surface area contributed by atoms with Gasteiger partial charge in [0.25, 0.3) is 0 Å². The Morgan fingerprint density at radius 3 is 1.27 bits per heavy atom. The zero-order valence-electron chi connectivity index (χ0n) is 18.4. The summed E-state index contributed by atoms with van der Waals surface area (Å²) in [6.45, 7) is 9.43. The second-order valence-electron chi connectivity index (χ2n) is 8.29. The van der Waals surface area contributed by atoms with E-state index in [1.165, 1.54) is 116 Å². The van der Waals surface area contributed by atoms with Crippen molar-refractivity contribution in [1.29, 1.82) is 0 Å². The van der Waals surface area contributed by atoms with E-state index in [1.807, 2.05) is 0 Å². The van der Waals surface area contributed by atoms with Gasteiger partial charge in [-0.3, -0.25) is 0 Å². The van der Waals surface area contributed by atoms with Crippen LogP contribution in [0.3, 0.4) is 0 Å². The van der Waals surface area contributed by atoms with E-state index >= 15 is 0 Å². The number of hydrogen-bond donors (Lipinski definition) is 0. The highest BCUT2D eigenvalue weighted by Crippen LogP contribution is 2.22. The van der Waals surface area contributed by atoms with Crippen molar-refractivity contribution in [2.75, 3.05) is 13.1 Å². The second kappa shape index (κ2) is 16.5. The van der Waals surface area contributed by atoms with Gasteiger partial charge in [-0.2, -0.15) is 0 Å². The topological polar surface area (TPSA) is 6.48 Å². The molecule has 0 unspecified atom stereocenters. The number of rotatable bonds is 18. The maximum absolute atomic E-state index is 2.62. The van der Waals surface area contributed by atoms with Crippen molar-refractivity contribution in [2.45, 2.75) is 130 Å². The van der Waals surface area contributed by atoms with Crippen molar-refractivity contribution in [2.24, 2.45) is 0 Å². The van der Waals surface area contributed by atoms with Crippen LogP contribution < -0.4 is 0 Å². The van der Waals surface area contributed by atoms with E-state index in [-0.39, 0.29) is 0 Å². The lowest BCUT2D eigenvalue weighted by molar-refractivity contribution is 0.138. The third-order valence-electron chi connectivity index (χ3n) is 5.80. The number of nitrogens with zero attached hydrogens (tertiary/aromatic N) is 2. The van der Waals surface area contributed by atoms with E-state index in [0.29, 0.717) is 6.17 Å². The summed E-state index contributed by atoms with van der Waals surface area (Å²) in [5.74, 6) is 0. The predicted octanol–water partition coefficient (Wildman–Crippen LogP) is 7.70. The zero-order valence-corrected chi connectivity index (χ0v) is 18.4. The molecule has 1 rings (SSSR count). The van der Waals surface area contributed by atoms with Crippen molar-refractivity contribution < 1.29 is 0 Å². The summed E-state index contributed by atoms with van der Waals surface area (Å²) in [6, 6.07) is 0. The number of unbranched alkanes of at least 4 members (excludes halogenated alkanes) is 12. The molecule has 26 heavy (non-hydrogen) atoms. The third-order valence-corrected chi connectivity index (χ3v) is 5.80. The molecule has 0 radical (unpaired) electrons. The Labute approximate surface area is 165 Å². The minimum atomic E-state index is 0.639. The summed E-state index contributed by atoms with van der Waals surface area (Å²) in [7, 11) is 0. The van der Waals surface area contributed by atoms with E-state index < -0.39 is 0 Å². The molecule has 2 nitrogen and oxygen atoms in total. The summed E-state index contributed by atoms with van der Waals surface area (Å²) < 4.78 is 0. The number of hydrogen-bond acceptors (Lipinski definition) is 2. The van der Waals surface area contributed by atoms with Gasteiger partial charge < -0.3 is 9.80 Å². The smallest absolute Gasteiger partial charge is 0.101 e. The Bertz CT molecular complexity index is 298. The minimum absolute atomic E-state index is 0.639. The minimum Gasteiger partial charge on any atom is -0.356 e. The molecule has 1 aliphatic heterocycles. The first-order valence-electron chi connectivity index (χ1n) is 12.0. The molecule has 154 valence electrons. The summed E-state index contributed by atoms with van der Waals surface area (Å²) in [5, 5.41) is 0. The maximum Gasteiger partial charge on any atom is 0.101 e. The molecule has 0 bridgehead atoms. The molecule has 0 aromatic rings. The molecule has 1 aliphatic rings. The van der Waals surface area contributed by atoms with Crippen LogP contribution in [-0.2, 0) is 0 Å². The molecule has 0 saturated heterocycles. The van der Waals surface area contributed by atoms with Gasteiger partial charge in [-0.25, -0.2) is 0 Å². The Kier molecular flexibility index (Phi) is 14.8. The molecular formula is C24H48N2. The Hall–Kier alpha value is -0.660. The lowest BCUT2D eigenvalue weighted by Gasteiger charge is -2.33. The molecule has 0 atom stereocenters. The van der Waals surface area contributed by atoms with Gasteiger partial charge >= 0.3 is 0 Å². The molecule has 0 N–H and O–H groups in total. The van der Waals surface area contributed by atoms with Crippen LogP contribution in [0.25, 0.3) is 0 Å². The van der Waals surface area contributed by atoms with Crippen molar-refractivity contribution >= 4 is 0 Å². The van der Waals surface area contributed by atoms with Crippen LogP contribution >= 0.6 is 0 Å². The van der Waals surface area contributed by atoms with Crippen molar-refractivity contribution in [3.63, 3.8) is 0 Å². The standard InChI is InChI=1S/C24H48N2/c1-4-7-9-11-13-15-17-20-25-22-23-26(24(25)19-6-3)21-18-16-14-12-10-8-5-2/h22-24H,4-21H2,1-3H3. The summed E-state index contributed by atoms with van der Waals surface area (Å²) >= 11 is 0. The first-order valence-corrected chi connectivity index (χ1v) is 12.0. The van der Waals surface area contributed by atoms with Gasteiger partial charge in [-0.05, 0) is 19.3 Å². The molecule has 0 spiro atoms. The normalized spacial score (nSPS) is 14.7. The fourth-order valence-corrected chi connectivity index (χ4v) is 4.10. The van der Waals surface area contributed by atoms with Crippen LogP contribution in [0.5, 0.6) is 0 Å². The Morgan fingerprint density at radius 2 is 0.885 bits per heavy atom. The molecular weight excluding hydrogens is 316 g/mol. The highest BCUT2D eigenvalue weighted by atomic mass is 15.4. The van der Waals surface area contributed by atoms with Crippen molar-refractivity contribution in [3.8, 4) is 0 Å². The first-order chi connectivity index (χ1) is 12.8. The summed E-state index contributed by atoms with van der Waals surface area (Å²) in [5.41, 5.74) is 0. The zero-order chi connectivity index (χ0) is 18.9. The van der Waals surface area contributed by atoms with Crippen LogP contribution in [-0.4, -0.2) is 29.1 Å². The molecule has 0 saturated carbocycles. The lowest BCUT2D eigenvalue weighted by atomic mass is 10.1. The SMILES string of the molecule is CCCCCCCCCN1C=CN(CCCCCCCCC)C1CCC. The van der Waals surface area contributed by atoms with E-state index in [1.54, 1.807) is 0 Å². The monoisotopic (exact) mass is 364 g/mol. The molecule has 0 amide bonds. The largest absolute Gasteiger partial charge is 0.356 e. The quantitative estimate of drug-likeness (QED) is 0.230. The van der Waals surface area contributed by atoms with E-state index in [9.17, 15) is 0 Å². The van der Waals surface area contributed by atoms with Crippen LogP contribution in [0.1, 0.15) is 124 Å². The summed E-state index contributed by atoms with van der Waals surface area (Å²) in [4.78, 5) is 5.24. The van der Waals surface area contributed by atoms with Crippen LogP contribution in [0.4, 0.5) is 0 Å². The van der Waals surface area contributed by atoms with Gasteiger partial charge in [0.1, 0.15) is 6.17 Å². The van der Waals surface area contributed by atoms with Crippen molar-refractivity contribution in [3.05, 3.63) is 12.4 Å². The lowest BCUT2D eigenvalue weighted by Crippen LogP contribution is -2.39. The van der Waals surface area contributed by atoms with Crippen molar-refractivity contribution in [1.82, 2.24) is 9.80 Å². The molecule has 1 heterocycles. The fraction of sp³-hybridized carbons (Fsp3) is 0.917.